The fraction of sp³-hybridized carbons (Fsp3) is 0.933. The largest absolute Gasteiger partial charge is 0.501 e. The SMILES string of the molecule is CO[Si](CCCOCC(C)O)(OC)OCN[C@@H](CCCCN)C(=O)O. The van der Waals surface area contributed by atoms with Crippen LogP contribution in [-0.4, -0.2) is 77.8 Å². The maximum absolute atomic E-state index is 11.2. The van der Waals surface area contributed by atoms with Crippen LogP contribution in [0.25, 0.3) is 0 Å². The second-order valence-corrected chi connectivity index (χ2v) is 8.76. The topological polar surface area (TPSA) is 132 Å². The van der Waals surface area contributed by atoms with Crippen molar-refractivity contribution in [2.75, 3.05) is 40.7 Å². The lowest BCUT2D eigenvalue weighted by molar-refractivity contribution is -0.140. The first-order valence-electron chi connectivity index (χ1n) is 8.57. The molecule has 1 unspecified atom stereocenters. The lowest BCUT2D eigenvalue weighted by atomic mass is 10.1. The van der Waals surface area contributed by atoms with Crippen molar-refractivity contribution in [3.05, 3.63) is 0 Å². The summed E-state index contributed by atoms with van der Waals surface area (Å²) in [6.45, 7) is 2.97. The number of carboxylic acid groups (broad SMARTS) is 1. The van der Waals surface area contributed by atoms with Crippen LogP contribution in [0.1, 0.15) is 32.6 Å². The van der Waals surface area contributed by atoms with Crippen LogP contribution in [-0.2, 0) is 22.8 Å². The Kier molecular flexibility index (Phi) is 14.2. The zero-order valence-corrected chi connectivity index (χ0v) is 16.5. The normalized spacial score (nSPS) is 14.4. The van der Waals surface area contributed by atoms with Crippen molar-refractivity contribution in [3.8, 4) is 0 Å². The molecule has 0 saturated carbocycles. The summed E-state index contributed by atoms with van der Waals surface area (Å²) in [5.41, 5.74) is 5.42. The standard InChI is InChI=1S/C15H34N2O7Si/c1-13(18)11-23-9-6-10-25(21-2,22-3)24-12-17-14(15(19)20)7-4-5-8-16/h13-14,17-18H,4-12,16H2,1-3H3,(H,19,20)/t13?,14-/m0/s1. The van der Waals surface area contributed by atoms with Gasteiger partial charge in [0, 0.05) is 26.9 Å². The zero-order chi connectivity index (χ0) is 19.1. The van der Waals surface area contributed by atoms with Gasteiger partial charge in [0.2, 0.25) is 0 Å². The summed E-state index contributed by atoms with van der Waals surface area (Å²) in [6, 6.07) is -0.159. The van der Waals surface area contributed by atoms with Crippen molar-refractivity contribution in [1.82, 2.24) is 5.32 Å². The molecule has 0 aromatic rings. The number of nitrogens with one attached hydrogen (secondary N) is 1. The van der Waals surface area contributed by atoms with Gasteiger partial charge >= 0.3 is 14.8 Å². The average Bonchev–Trinajstić information content (AvgIpc) is 2.58. The summed E-state index contributed by atoms with van der Waals surface area (Å²) >= 11 is 0. The fourth-order valence-corrected chi connectivity index (χ4v) is 4.02. The summed E-state index contributed by atoms with van der Waals surface area (Å²) in [5, 5.41) is 21.2. The van der Waals surface area contributed by atoms with Gasteiger partial charge in [-0.15, -0.1) is 0 Å². The monoisotopic (exact) mass is 382 g/mol. The van der Waals surface area contributed by atoms with Gasteiger partial charge < -0.3 is 34.0 Å². The second kappa shape index (κ2) is 14.6. The van der Waals surface area contributed by atoms with E-state index in [1.807, 2.05) is 0 Å². The molecule has 5 N–H and O–H groups in total. The van der Waals surface area contributed by atoms with Gasteiger partial charge in [-0.25, -0.2) is 0 Å². The van der Waals surface area contributed by atoms with Crippen LogP contribution >= 0.6 is 0 Å². The maximum atomic E-state index is 11.2. The van der Waals surface area contributed by atoms with Gasteiger partial charge in [0.1, 0.15) is 6.04 Å². The van der Waals surface area contributed by atoms with Crippen LogP contribution in [0.3, 0.4) is 0 Å². The number of rotatable bonds is 17. The molecular weight excluding hydrogens is 348 g/mol. The first-order valence-corrected chi connectivity index (χ1v) is 10.5. The molecule has 25 heavy (non-hydrogen) atoms. The van der Waals surface area contributed by atoms with Gasteiger partial charge in [-0.05, 0) is 32.7 Å². The Hall–Kier alpha value is -0.593. The Balaban J connectivity index is 4.27. The van der Waals surface area contributed by atoms with Gasteiger partial charge in [0.15, 0.2) is 0 Å². The molecule has 0 fully saturated rings. The van der Waals surface area contributed by atoms with Crippen molar-refractivity contribution < 1.29 is 33.0 Å². The highest BCUT2D eigenvalue weighted by atomic mass is 28.4. The van der Waals surface area contributed by atoms with Gasteiger partial charge in [-0.1, -0.05) is 6.42 Å². The van der Waals surface area contributed by atoms with Crippen molar-refractivity contribution >= 4 is 14.8 Å². The summed E-state index contributed by atoms with van der Waals surface area (Å²) in [7, 11) is 0.154. The molecule has 0 radical (unpaired) electrons. The number of unbranched alkanes of at least 4 members (excludes halogenated alkanes) is 1. The van der Waals surface area contributed by atoms with Crippen LogP contribution in [0.2, 0.25) is 6.04 Å². The Bertz CT molecular complexity index is 344. The highest BCUT2D eigenvalue weighted by Gasteiger charge is 2.38. The van der Waals surface area contributed by atoms with Crippen LogP contribution in [0.4, 0.5) is 0 Å². The molecule has 0 aromatic carbocycles. The van der Waals surface area contributed by atoms with Crippen LogP contribution in [0.5, 0.6) is 0 Å². The highest BCUT2D eigenvalue weighted by molar-refractivity contribution is 6.60. The number of aliphatic carboxylic acids is 1. The van der Waals surface area contributed by atoms with E-state index in [4.69, 9.17) is 28.9 Å². The first kappa shape index (κ1) is 24.4. The number of aliphatic hydroxyl groups excluding tert-OH is 1. The number of aliphatic hydroxyl groups is 1. The third-order valence-corrected chi connectivity index (χ3v) is 6.41. The molecule has 0 aliphatic carbocycles. The zero-order valence-electron chi connectivity index (χ0n) is 15.5. The summed E-state index contributed by atoms with van der Waals surface area (Å²) < 4.78 is 21.9. The van der Waals surface area contributed by atoms with E-state index in [2.05, 4.69) is 5.32 Å². The molecule has 0 aliphatic heterocycles. The molecule has 0 rings (SSSR count). The highest BCUT2D eigenvalue weighted by Crippen LogP contribution is 2.16. The lowest BCUT2D eigenvalue weighted by Crippen LogP contribution is -2.48. The maximum Gasteiger partial charge on any atom is 0.501 e. The number of hydrogen-bond donors (Lipinski definition) is 4. The molecule has 0 aromatic heterocycles. The third kappa shape index (κ3) is 11.6. The van der Waals surface area contributed by atoms with E-state index in [1.165, 1.54) is 14.2 Å². The molecule has 0 aliphatic rings. The summed E-state index contributed by atoms with van der Waals surface area (Å²) in [6.07, 6.45) is 2.16. The van der Waals surface area contributed by atoms with E-state index in [0.717, 1.165) is 12.8 Å². The van der Waals surface area contributed by atoms with E-state index in [0.29, 0.717) is 32.0 Å². The van der Waals surface area contributed by atoms with E-state index >= 15 is 0 Å². The minimum atomic E-state index is -2.88. The van der Waals surface area contributed by atoms with Gasteiger partial charge in [0.25, 0.3) is 0 Å². The molecule has 150 valence electrons. The molecule has 2 atom stereocenters. The van der Waals surface area contributed by atoms with E-state index in [9.17, 15) is 9.90 Å². The average molecular weight is 383 g/mol. The molecule has 9 nitrogen and oxygen atoms in total. The molecular formula is C15H34N2O7Si. The van der Waals surface area contributed by atoms with Crippen LogP contribution in [0, 0.1) is 0 Å². The van der Waals surface area contributed by atoms with Crippen LogP contribution < -0.4 is 11.1 Å². The van der Waals surface area contributed by atoms with Gasteiger partial charge in [-0.3, -0.25) is 10.1 Å². The minimum Gasteiger partial charge on any atom is -0.480 e. The number of carboxylic acids is 1. The fourth-order valence-electron chi connectivity index (χ4n) is 2.18. The van der Waals surface area contributed by atoms with Gasteiger partial charge in [-0.2, -0.15) is 0 Å². The molecule has 10 heteroatoms. The molecule has 0 spiro atoms. The van der Waals surface area contributed by atoms with Crippen molar-refractivity contribution in [2.24, 2.45) is 5.73 Å². The Morgan fingerprint density at radius 2 is 1.92 bits per heavy atom. The summed E-state index contributed by atoms with van der Waals surface area (Å²) in [5.74, 6) is -0.922. The number of nitrogens with two attached hydrogens (primary N) is 1. The van der Waals surface area contributed by atoms with E-state index < -0.39 is 26.9 Å². The quantitative estimate of drug-likeness (QED) is 0.158. The third-order valence-electron chi connectivity index (χ3n) is 3.62. The molecule has 0 saturated heterocycles. The van der Waals surface area contributed by atoms with Crippen molar-refractivity contribution in [2.45, 2.75) is 50.8 Å². The molecule has 0 bridgehead atoms. The first-order chi connectivity index (χ1) is 11.9. The number of carbonyl (C=O) groups is 1. The lowest BCUT2D eigenvalue weighted by Gasteiger charge is -2.27. The van der Waals surface area contributed by atoms with Crippen LogP contribution in [0.15, 0.2) is 0 Å². The second-order valence-electron chi connectivity index (χ2n) is 5.79. The molecule has 0 amide bonds. The Labute approximate surface area is 151 Å². The smallest absolute Gasteiger partial charge is 0.480 e. The van der Waals surface area contributed by atoms with Crippen molar-refractivity contribution in [1.29, 1.82) is 0 Å². The van der Waals surface area contributed by atoms with Gasteiger partial charge in [0.05, 0.1) is 19.4 Å². The predicted octanol–water partition coefficient (Wildman–Crippen LogP) is 0.152. The number of ether oxygens (including phenoxy) is 1. The summed E-state index contributed by atoms with van der Waals surface area (Å²) in [4.78, 5) is 11.2. The van der Waals surface area contributed by atoms with E-state index in [1.54, 1.807) is 6.92 Å². The Morgan fingerprint density at radius 3 is 2.44 bits per heavy atom. The minimum absolute atomic E-state index is 0.0298. The van der Waals surface area contributed by atoms with Crippen molar-refractivity contribution in [3.63, 3.8) is 0 Å². The molecule has 0 heterocycles. The van der Waals surface area contributed by atoms with E-state index in [-0.39, 0.29) is 13.3 Å². The number of hydrogen-bond acceptors (Lipinski definition) is 8. The predicted molar refractivity (Wildman–Crippen MR) is 95.1 cm³/mol. The Morgan fingerprint density at radius 1 is 1.24 bits per heavy atom.